The van der Waals surface area contributed by atoms with Crippen molar-refractivity contribution in [3.05, 3.63) is 66.0 Å². The SMILES string of the molecule is CCOc1ccc(OCC)c(CCNC(=S)N(Cc2cccnc2)CC2CC=CCC2)c1. The van der Waals surface area contributed by atoms with Crippen molar-refractivity contribution in [3.8, 4) is 11.5 Å². The monoisotopic (exact) mass is 453 g/mol. The first-order chi connectivity index (χ1) is 15.7. The van der Waals surface area contributed by atoms with Crippen molar-refractivity contribution >= 4 is 17.3 Å². The van der Waals surface area contributed by atoms with Gasteiger partial charge in [-0.1, -0.05) is 18.2 Å². The minimum Gasteiger partial charge on any atom is -0.494 e. The summed E-state index contributed by atoms with van der Waals surface area (Å²) in [5.74, 6) is 2.41. The molecule has 0 fully saturated rings. The molecule has 1 heterocycles. The Labute approximate surface area is 197 Å². The maximum absolute atomic E-state index is 5.83. The van der Waals surface area contributed by atoms with E-state index in [0.717, 1.165) is 61.1 Å². The number of nitrogens with one attached hydrogen (secondary N) is 1. The molecule has 1 aliphatic carbocycles. The molecule has 32 heavy (non-hydrogen) atoms. The van der Waals surface area contributed by atoms with Crippen molar-refractivity contribution in [1.29, 1.82) is 0 Å². The van der Waals surface area contributed by atoms with E-state index < -0.39 is 0 Å². The Bertz CT molecular complexity index is 873. The molecular weight excluding hydrogens is 418 g/mol. The van der Waals surface area contributed by atoms with E-state index >= 15 is 0 Å². The van der Waals surface area contributed by atoms with Crippen molar-refractivity contribution in [2.24, 2.45) is 5.92 Å². The highest BCUT2D eigenvalue weighted by Crippen LogP contribution is 2.25. The van der Waals surface area contributed by atoms with Crippen LogP contribution < -0.4 is 14.8 Å². The number of aromatic nitrogens is 1. The average molecular weight is 454 g/mol. The van der Waals surface area contributed by atoms with E-state index in [-0.39, 0.29) is 0 Å². The van der Waals surface area contributed by atoms with Gasteiger partial charge >= 0.3 is 0 Å². The molecule has 172 valence electrons. The minimum absolute atomic E-state index is 0.629. The van der Waals surface area contributed by atoms with E-state index in [1.807, 2.05) is 44.4 Å². The molecular formula is C26H35N3O2S. The molecule has 1 aromatic carbocycles. The molecule has 1 atom stereocenters. The first-order valence-corrected chi connectivity index (χ1v) is 12.1. The molecule has 1 unspecified atom stereocenters. The maximum Gasteiger partial charge on any atom is 0.169 e. The van der Waals surface area contributed by atoms with Crippen LogP contribution in [0, 0.1) is 5.92 Å². The van der Waals surface area contributed by atoms with Gasteiger partial charge in [0.05, 0.1) is 13.2 Å². The van der Waals surface area contributed by atoms with E-state index in [4.69, 9.17) is 21.7 Å². The van der Waals surface area contributed by atoms with Gasteiger partial charge in [0, 0.05) is 32.0 Å². The quantitative estimate of drug-likeness (QED) is 0.375. The summed E-state index contributed by atoms with van der Waals surface area (Å²) < 4.78 is 11.5. The van der Waals surface area contributed by atoms with E-state index in [2.05, 4.69) is 39.5 Å². The zero-order chi connectivity index (χ0) is 22.6. The Balaban J connectivity index is 1.62. The summed E-state index contributed by atoms with van der Waals surface area (Å²) in [5, 5.41) is 4.28. The molecule has 3 rings (SSSR count). The minimum atomic E-state index is 0.629. The van der Waals surface area contributed by atoms with E-state index in [9.17, 15) is 0 Å². The Kier molecular flexibility index (Phi) is 9.82. The lowest BCUT2D eigenvalue weighted by Crippen LogP contribution is -2.42. The first-order valence-electron chi connectivity index (χ1n) is 11.6. The van der Waals surface area contributed by atoms with Crippen LogP contribution in [0.15, 0.2) is 54.9 Å². The number of benzene rings is 1. The van der Waals surface area contributed by atoms with Crippen molar-refractivity contribution in [2.75, 3.05) is 26.3 Å². The summed E-state index contributed by atoms with van der Waals surface area (Å²) in [5.41, 5.74) is 2.30. The molecule has 0 radical (unpaired) electrons. The number of allylic oxidation sites excluding steroid dienone is 2. The molecule has 1 N–H and O–H groups in total. The van der Waals surface area contributed by atoms with Gasteiger partial charge in [0.15, 0.2) is 5.11 Å². The van der Waals surface area contributed by atoms with E-state index in [1.54, 1.807) is 0 Å². The van der Waals surface area contributed by atoms with Crippen LogP contribution in [-0.2, 0) is 13.0 Å². The molecule has 0 aliphatic heterocycles. The zero-order valence-corrected chi connectivity index (χ0v) is 20.1. The number of rotatable bonds is 11. The van der Waals surface area contributed by atoms with Gasteiger partial charge in [-0.15, -0.1) is 0 Å². The first kappa shape index (κ1) is 24.1. The summed E-state index contributed by atoms with van der Waals surface area (Å²) in [7, 11) is 0. The van der Waals surface area contributed by atoms with Crippen molar-refractivity contribution < 1.29 is 9.47 Å². The van der Waals surface area contributed by atoms with Gasteiger partial charge in [0.2, 0.25) is 0 Å². The van der Waals surface area contributed by atoms with Crippen LogP contribution in [0.3, 0.4) is 0 Å². The molecule has 5 nitrogen and oxygen atoms in total. The highest BCUT2D eigenvalue weighted by Gasteiger charge is 2.18. The molecule has 1 aromatic heterocycles. The van der Waals surface area contributed by atoms with Crippen molar-refractivity contribution in [1.82, 2.24) is 15.2 Å². The third-order valence-corrected chi connectivity index (χ3v) is 5.96. The predicted molar refractivity (Wildman–Crippen MR) is 134 cm³/mol. The second-order valence-corrected chi connectivity index (χ2v) is 8.40. The molecule has 1 aliphatic rings. The lowest BCUT2D eigenvalue weighted by atomic mass is 9.94. The van der Waals surface area contributed by atoms with Gasteiger partial charge in [0.25, 0.3) is 0 Å². The highest BCUT2D eigenvalue weighted by atomic mass is 32.1. The van der Waals surface area contributed by atoms with Gasteiger partial charge in [-0.2, -0.15) is 0 Å². The Morgan fingerprint density at radius 2 is 2.06 bits per heavy atom. The highest BCUT2D eigenvalue weighted by molar-refractivity contribution is 7.80. The molecule has 2 aromatic rings. The summed E-state index contributed by atoms with van der Waals surface area (Å²) in [6.45, 7) is 7.75. The fourth-order valence-electron chi connectivity index (χ4n) is 3.98. The van der Waals surface area contributed by atoms with Crippen LogP contribution in [-0.4, -0.2) is 41.3 Å². The molecule has 0 saturated carbocycles. The topological polar surface area (TPSA) is 46.6 Å². The lowest BCUT2D eigenvalue weighted by molar-refractivity contribution is 0.312. The lowest BCUT2D eigenvalue weighted by Gasteiger charge is -2.30. The second-order valence-electron chi connectivity index (χ2n) is 8.01. The summed E-state index contributed by atoms with van der Waals surface area (Å²) in [6.07, 6.45) is 12.6. The van der Waals surface area contributed by atoms with E-state index in [1.165, 1.54) is 12.0 Å². The van der Waals surface area contributed by atoms with Crippen molar-refractivity contribution in [2.45, 2.75) is 46.1 Å². The van der Waals surface area contributed by atoms with Gasteiger partial charge in [-0.05, 0) is 93.1 Å². The molecule has 0 bridgehead atoms. The van der Waals surface area contributed by atoms with Crippen LogP contribution in [0.1, 0.15) is 44.2 Å². The fourth-order valence-corrected chi connectivity index (χ4v) is 4.23. The van der Waals surface area contributed by atoms with Crippen molar-refractivity contribution in [3.63, 3.8) is 0 Å². The van der Waals surface area contributed by atoms with Gasteiger partial charge in [-0.25, -0.2) is 0 Å². The Hall–Kier alpha value is -2.60. The third kappa shape index (κ3) is 7.52. The maximum atomic E-state index is 5.83. The number of pyridine rings is 1. The molecule has 0 saturated heterocycles. The number of ether oxygens (including phenoxy) is 2. The van der Waals surface area contributed by atoms with E-state index in [0.29, 0.717) is 19.1 Å². The predicted octanol–water partition coefficient (Wildman–Crippen LogP) is 5.15. The zero-order valence-electron chi connectivity index (χ0n) is 19.3. The molecule has 0 amide bonds. The molecule has 6 heteroatoms. The van der Waals surface area contributed by atoms with Crippen LogP contribution in [0.2, 0.25) is 0 Å². The average Bonchev–Trinajstić information content (AvgIpc) is 2.82. The van der Waals surface area contributed by atoms with Gasteiger partial charge in [-0.3, -0.25) is 4.98 Å². The number of thiocarbonyl (C=S) groups is 1. The smallest absolute Gasteiger partial charge is 0.169 e. The summed E-state index contributed by atoms with van der Waals surface area (Å²) in [4.78, 5) is 6.56. The van der Waals surface area contributed by atoms with Gasteiger partial charge in [0.1, 0.15) is 11.5 Å². The Morgan fingerprint density at radius 1 is 1.19 bits per heavy atom. The van der Waals surface area contributed by atoms with Crippen LogP contribution in [0.4, 0.5) is 0 Å². The summed E-state index contributed by atoms with van der Waals surface area (Å²) in [6, 6.07) is 10.1. The van der Waals surface area contributed by atoms with Gasteiger partial charge < -0.3 is 19.7 Å². The second kappa shape index (κ2) is 13.1. The normalized spacial score (nSPS) is 15.2. The van der Waals surface area contributed by atoms with Crippen LogP contribution in [0.25, 0.3) is 0 Å². The number of hydrogen-bond acceptors (Lipinski definition) is 4. The Morgan fingerprint density at radius 3 is 2.78 bits per heavy atom. The fraction of sp³-hybridized carbons (Fsp3) is 0.462. The number of hydrogen-bond donors (Lipinski definition) is 1. The largest absolute Gasteiger partial charge is 0.494 e. The van der Waals surface area contributed by atoms with Crippen LogP contribution in [0.5, 0.6) is 11.5 Å². The summed E-state index contributed by atoms with van der Waals surface area (Å²) >= 11 is 5.83. The number of nitrogens with zero attached hydrogens (tertiary/aromatic N) is 2. The van der Waals surface area contributed by atoms with Crippen LogP contribution >= 0.6 is 12.2 Å². The third-order valence-electron chi connectivity index (χ3n) is 5.55. The standard InChI is InChI=1S/C26H35N3O2S/c1-3-30-24-12-13-25(31-4-2)23(17-24)14-16-28-26(32)29(19-21-9-6-5-7-10-21)20-22-11-8-15-27-18-22/h5-6,8,11-13,15,17-18,21H,3-4,7,9-10,14,16,19-20H2,1-2H3,(H,28,32). The molecule has 0 spiro atoms.